The van der Waals surface area contributed by atoms with Gasteiger partial charge in [-0.3, -0.25) is 9.59 Å². The van der Waals surface area contributed by atoms with Crippen molar-refractivity contribution in [2.24, 2.45) is 5.92 Å². The Morgan fingerprint density at radius 2 is 1.79 bits per heavy atom. The summed E-state index contributed by atoms with van der Waals surface area (Å²) in [6.07, 6.45) is 8.11. The Morgan fingerprint density at radius 1 is 1.09 bits per heavy atom. The predicted octanol–water partition coefficient (Wildman–Crippen LogP) is 6.60. The zero-order chi connectivity index (χ0) is 24.5. The molecule has 6 heteroatoms. The van der Waals surface area contributed by atoms with Crippen molar-refractivity contribution in [2.45, 2.75) is 78.2 Å². The molecule has 0 saturated heterocycles. The van der Waals surface area contributed by atoms with Crippen molar-refractivity contribution in [1.29, 1.82) is 0 Å². The molecule has 0 saturated carbocycles. The molecule has 0 fully saturated rings. The van der Waals surface area contributed by atoms with E-state index in [1.54, 1.807) is 28.4 Å². The number of unbranched alkanes of at least 4 members (excludes halogenated alkanes) is 5. The summed E-state index contributed by atoms with van der Waals surface area (Å²) in [6, 6.07) is 8.27. The van der Waals surface area contributed by atoms with Gasteiger partial charge in [-0.2, -0.15) is 0 Å². The van der Waals surface area contributed by atoms with Gasteiger partial charge in [-0.05, 0) is 53.5 Å². The maximum Gasteiger partial charge on any atom is 0.242 e. The Labute approximate surface area is 208 Å². The van der Waals surface area contributed by atoms with Gasteiger partial charge in [0.15, 0.2) is 0 Å². The molecule has 1 aliphatic rings. The fourth-order valence-electron chi connectivity index (χ4n) is 4.75. The molecule has 0 N–H and O–H groups in total. The van der Waals surface area contributed by atoms with E-state index in [1.807, 2.05) is 4.90 Å². The third-order valence-corrected chi connectivity index (χ3v) is 7.48. The van der Waals surface area contributed by atoms with E-state index in [2.05, 4.69) is 32.2 Å². The molecule has 2 aromatic rings. The fourth-order valence-corrected chi connectivity index (χ4v) is 5.66. The molecule has 0 aliphatic carbocycles. The first-order chi connectivity index (χ1) is 16.4. The van der Waals surface area contributed by atoms with Crippen LogP contribution in [0.4, 0.5) is 4.39 Å². The number of rotatable bonds is 12. The van der Waals surface area contributed by atoms with Crippen molar-refractivity contribution >= 4 is 23.2 Å². The third kappa shape index (κ3) is 7.14. The lowest BCUT2D eigenvalue weighted by Crippen LogP contribution is -2.47. The van der Waals surface area contributed by atoms with Crippen LogP contribution in [0.5, 0.6) is 0 Å². The minimum Gasteiger partial charge on any atom is -0.333 e. The first-order valence-electron chi connectivity index (χ1n) is 12.8. The molecular formula is C28H39FN2O2S. The van der Waals surface area contributed by atoms with Gasteiger partial charge in [0.2, 0.25) is 11.8 Å². The lowest BCUT2D eigenvalue weighted by atomic mass is 9.93. The van der Waals surface area contributed by atoms with Gasteiger partial charge in [-0.1, -0.05) is 65.0 Å². The van der Waals surface area contributed by atoms with Crippen molar-refractivity contribution in [2.75, 3.05) is 19.6 Å². The van der Waals surface area contributed by atoms with Crippen LogP contribution in [0, 0.1) is 11.7 Å². The molecule has 1 unspecified atom stereocenters. The summed E-state index contributed by atoms with van der Waals surface area (Å²) in [5, 5.41) is 2.06. The van der Waals surface area contributed by atoms with E-state index in [0.717, 1.165) is 30.4 Å². The number of carbonyl (C=O) groups excluding carboxylic acids is 2. The second-order valence-electron chi connectivity index (χ2n) is 9.78. The number of thiophene rings is 1. The number of hydrogen-bond donors (Lipinski definition) is 0. The zero-order valence-electron chi connectivity index (χ0n) is 20.9. The van der Waals surface area contributed by atoms with Gasteiger partial charge in [-0.25, -0.2) is 4.39 Å². The smallest absolute Gasteiger partial charge is 0.242 e. The third-order valence-electron chi connectivity index (χ3n) is 6.48. The fraction of sp³-hybridized carbons (Fsp3) is 0.571. The Bertz CT molecular complexity index is 925. The Morgan fingerprint density at radius 3 is 2.50 bits per heavy atom. The van der Waals surface area contributed by atoms with Crippen molar-refractivity contribution in [3.8, 4) is 0 Å². The van der Waals surface area contributed by atoms with E-state index in [4.69, 9.17) is 0 Å². The Kier molecular flexibility index (Phi) is 10.1. The highest BCUT2D eigenvalue weighted by Crippen LogP contribution is 2.38. The van der Waals surface area contributed by atoms with E-state index in [1.165, 1.54) is 42.7 Å². The van der Waals surface area contributed by atoms with Crippen LogP contribution in [-0.2, 0) is 16.0 Å². The summed E-state index contributed by atoms with van der Waals surface area (Å²) in [4.78, 5) is 31.5. The normalized spacial score (nSPS) is 15.4. The number of halogens is 1. The van der Waals surface area contributed by atoms with E-state index < -0.39 is 0 Å². The molecule has 1 aromatic carbocycles. The first kappa shape index (κ1) is 26.4. The van der Waals surface area contributed by atoms with Crippen molar-refractivity contribution in [3.05, 3.63) is 57.5 Å². The number of hydrogen-bond acceptors (Lipinski definition) is 3. The highest BCUT2D eigenvalue weighted by atomic mass is 32.1. The zero-order valence-corrected chi connectivity index (χ0v) is 21.7. The van der Waals surface area contributed by atoms with Crippen LogP contribution in [-0.4, -0.2) is 41.2 Å². The molecule has 3 rings (SSSR count). The number of nitrogens with zero attached hydrogens (tertiary/aromatic N) is 2. The van der Waals surface area contributed by atoms with Crippen LogP contribution in [0.25, 0.3) is 0 Å². The molecule has 0 spiro atoms. The lowest BCUT2D eigenvalue weighted by molar-refractivity contribution is -0.142. The van der Waals surface area contributed by atoms with Crippen molar-refractivity contribution in [3.63, 3.8) is 0 Å². The molecule has 1 atom stereocenters. The van der Waals surface area contributed by atoms with Gasteiger partial charge in [0.25, 0.3) is 0 Å². The number of benzene rings is 1. The second-order valence-corrected chi connectivity index (χ2v) is 10.8. The average molecular weight is 487 g/mol. The Hall–Kier alpha value is -2.21. The lowest BCUT2D eigenvalue weighted by Gasteiger charge is -2.38. The summed E-state index contributed by atoms with van der Waals surface area (Å²) in [5.74, 6) is 0.0395. The first-order valence-corrected chi connectivity index (χ1v) is 13.7. The van der Waals surface area contributed by atoms with Crippen LogP contribution in [0.2, 0.25) is 0 Å². The van der Waals surface area contributed by atoms with Gasteiger partial charge in [0.05, 0.1) is 12.6 Å². The standard InChI is InChI=1S/C28H39FN2O2S/c1-4-5-6-7-8-9-10-26(32)30(19-21(2)3)20-27(33)31-17-15-25-24(16-18-34-25)28(31)22-11-13-23(29)14-12-22/h11-14,16,18,21,28H,4-10,15,17,19-20H2,1-3H3. The van der Waals surface area contributed by atoms with Gasteiger partial charge in [0, 0.05) is 24.4 Å². The van der Waals surface area contributed by atoms with Crippen LogP contribution in [0.15, 0.2) is 35.7 Å². The number of carbonyl (C=O) groups is 2. The van der Waals surface area contributed by atoms with Crippen LogP contribution in [0.3, 0.4) is 0 Å². The topological polar surface area (TPSA) is 40.6 Å². The molecule has 4 nitrogen and oxygen atoms in total. The van der Waals surface area contributed by atoms with Gasteiger partial charge in [0.1, 0.15) is 5.82 Å². The summed E-state index contributed by atoms with van der Waals surface area (Å²) < 4.78 is 13.6. The number of fused-ring (bicyclic) bond motifs is 1. The second kappa shape index (κ2) is 13.0. The summed E-state index contributed by atoms with van der Waals surface area (Å²) in [7, 11) is 0. The quantitative estimate of drug-likeness (QED) is 0.317. The Balaban J connectivity index is 1.70. The van der Waals surface area contributed by atoms with E-state index >= 15 is 0 Å². The highest BCUT2D eigenvalue weighted by molar-refractivity contribution is 7.10. The molecule has 0 radical (unpaired) electrons. The molecule has 34 heavy (non-hydrogen) atoms. The molecular weight excluding hydrogens is 447 g/mol. The summed E-state index contributed by atoms with van der Waals surface area (Å²) in [5.41, 5.74) is 2.02. The minimum atomic E-state index is -0.286. The van der Waals surface area contributed by atoms with E-state index in [0.29, 0.717) is 25.4 Å². The van der Waals surface area contributed by atoms with Gasteiger partial charge < -0.3 is 9.80 Å². The molecule has 1 aromatic heterocycles. The maximum absolute atomic E-state index is 13.6. The monoisotopic (exact) mass is 486 g/mol. The van der Waals surface area contributed by atoms with Gasteiger partial charge >= 0.3 is 0 Å². The van der Waals surface area contributed by atoms with Crippen LogP contribution >= 0.6 is 11.3 Å². The van der Waals surface area contributed by atoms with E-state index in [-0.39, 0.29) is 30.2 Å². The van der Waals surface area contributed by atoms with Gasteiger partial charge in [-0.15, -0.1) is 11.3 Å². The SMILES string of the molecule is CCCCCCCCC(=O)N(CC(=O)N1CCc2sccc2C1c1ccc(F)cc1)CC(C)C. The summed E-state index contributed by atoms with van der Waals surface area (Å²) in [6.45, 7) is 7.65. The van der Waals surface area contributed by atoms with Crippen LogP contribution < -0.4 is 0 Å². The largest absolute Gasteiger partial charge is 0.333 e. The number of amides is 2. The van der Waals surface area contributed by atoms with E-state index in [9.17, 15) is 14.0 Å². The van der Waals surface area contributed by atoms with Crippen molar-refractivity contribution in [1.82, 2.24) is 9.80 Å². The molecule has 0 bridgehead atoms. The highest BCUT2D eigenvalue weighted by Gasteiger charge is 2.34. The molecule has 2 amide bonds. The average Bonchev–Trinajstić information content (AvgIpc) is 3.29. The maximum atomic E-state index is 13.6. The predicted molar refractivity (Wildman–Crippen MR) is 137 cm³/mol. The van der Waals surface area contributed by atoms with Crippen molar-refractivity contribution < 1.29 is 14.0 Å². The summed E-state index contributed by atoms with van der Waals surface area (Å²) >= 11 is 1.71. The molecule has 1 aliphatic heterocycles. The molecule has 186 valence electrons. The minimum absolute atomic E-state index is 0.0388. The van der Waals surface area contributed by atoms with Crippen LogP contribution in [0.1, 0.15) is 87.8 Å². The molecule has 2 heterocycles.